The molecule has 0 heterocycles. The number of carboxylic acids is 1. The van der Waals surface area contributed by atoms with Gasteiger partial charge < -0.3 is 16.4 Å². The van der Waals surface area contributed by atoms with Crippen LogP contribution in [-0.2, 0) is 11.2 Å². The Hall–Kier alpha value is -3.19. The molecule has 0 saturated heterocycles. The Morgan fingerprint density at radius 3 is 2.65 bits per heavy atom. The van der Waals surface area contributed by atoms with E-state index in [1.54, 1.807) is 6.21 Å². The van der Waals surface area contributed by atoms with Gasteiger partial charge in [0.05, 0.1) is 18.3 Å². The second kappa shape index (κ2) is 9.95. The van der Waals surface area contributed by atoms with Crippen LogP contribution in [0.2, 0.25) is 0 Å². The number of benzene rings is 2. The van der Waals surface area contributed by atoms with Crippen LogP contribution in [0.25, 0.3) is 0 Å². The number of hydrogen-bond acceptors (Lipinski definition) is 5. The summed E-state index contributed by atoms with van der Waals surface area (Å²) in [6.07, 6.45) is 4.53. The van der Waals surface area contributed by atoms with Gasteiger partial charge in [-0.2, -0.15) is 5.10 Å². The number of rotatable bonds is 9. The van der Waals surface area contributed by atoms with Crippen molar-refractivity contribution >= 4 is 24.2 Å². The van der Waals surface area contributed by atoms with E-state index in [0.29, 0.717) is 0 Å². The molecule has 136 valence electrons. The third-order valence-electron chi connectivity index (χ3n) is 4.04. The summed E-state index contributed by atoms with van der Waals surface area (Å²) in [4.78, 5) is 15.4. The van der Waals surface area contributed by atoms with Crippen LogP contribution in [0.4, 0.5) is 5.69 Å². The van der Waals surface area contributed by atoms with E-state index in [2.05, 4.69) is 15.5 Å². The van der Waals surface area contributed by atoms with E-state index in [-0.39, 0.29) is 12.3 Å². The van der Waals surface area contributed by atoms with Crippen LogP contribution in [0.3, 0.4) is 0 Å². The first-order valence-electron chi connectivity index (χ1n) is 8.25. The summed E-state index contributed by atoms with van der Waals surface area (Å²) in [5.41, 5.74) is 6.09. The lowest BCUT2D eigenvalue weighted by atomic mass is 9.89. The third-order valence-corrected chi connectivity index (χ3v) is 4.04. The number of hydrogen-bond donors (Lipinski definition) is 4. The summed E-state index contributed by atoms with van der Waals surface area (Å²) in [7, 11) is 0. The zero-order valence-electron chi connectivity index (χ0n) is 14.4. The molecular weight excluding hydrogens is 330 g/mol. The van der Waals surface area contributed by atoms with Crippen molar-refractivity contribution in [2.75, 3.05) is 0 Å². The SMILES string of the molecule is NN=Cc1ccc(CCC(CC(=O)O)c2cccc(N=CNN)c2)cc1. The monoisotopic (exact) mass is 353 g/mol. The van der Waals surface area contributed by atoms with Crippen molar-refractivity contribution in [1.82, 2.24) is 5.43 Å². The molecule has 1 atom stereocenters. The molecule has 2 rings (SSSR count). The van der Waals surface area contributed by atoms with Crippen molar-refractivity contribution < 1.29 is 9.90 Å². The van der Waals surface area contributed by atoms with E-state index in [1.807, 2.05) is 48.5 Å². The highest BCUT2D eigenvalue weighted by Crippen LogP contribution is 2.28. The number of nitrogens with zero attached hydrogens (tertiary/aromatic N) is 2. The number of hydrazine groups is 1. The highest BCUT2D eigenvalue weighted by atomic mass is 16.4. The van der Waals surface area contributed by atoms with E-state index in [4.69, 9.17) is 11.7 Å². The fourth-order valence-corrected chi connectivity index (χ4v) is 2.77. The Morgan fingerprint density at radius 1 is 1.23 bits per heavy atom. The molecule has 7 heteroatoms. The average Bonchev–Trinajstić information content (AvgIpc) is 2.65. The van der Waals surface area contributed by atoms with Gasteiger partial charge in [0, 0.05) is 0 Å². The van der Waals surface area contributed by atoms with E-state index < -0.39 is 5.97 Å². The number of carboxylic acid groups (broad SMARTS) is 1. The van der Waals surface area contributed by atoms with Crippen molar-refractivity contribution in [3.8, 4) is 0 Å². The summed E-state index contributed by atoms with van der Waals surface area (Å²) in [6.45, 7) is 0. The molecule has 2 aromatic carbocycles. The molecule has 0 aliphatic heterocycles. The maximum Gasteiger partial charge on any atom is 0.303 e. The first-order valence-corrected chi connectivity index (χ1v) is 8.25. The number of carbonyl (C=O) groups is 1. The Bertz CT molecular complexity index is 772. The van der Waals surface area contributed by atoms with Crippen LogP contribution in [0, 0.1) is 0 Å². The minimum Gasteiger partial charge on any atom is -0.481 e. The number of hydrazone groups is 1. The van der Waals surface area contributed by atoms with Crippen molar-refractivity contribution in [1.29, 1.82) is 0 Å². The van der Waals surface area contributed by atoms with E-state index >= 15 is 0 Å². The van der Waals surface area contributed by atoms with Crippen molar-refractivity contribution in [3.63, 3.8) is 0 Å². The quantitative estimate of drug-likeness (QED) is 0.238. The number of aryl methyl sites for hydroxylation is 1. The van der Waals surface area contributed by atoms with E-state index in [9.17, 15) is 9.90 Å². The van der Waals surface area contributed by atoms with Crippen LogP contribution in [-0.4, -0.2) is 23.6 Å². The lowest BCUT2D eigenvalue weighted by molar-refractivity contribution is -0.137. The molecule has 0 bridgehead atoms. The maximum atomic E-state index is 11.3. The molecule has 26 heavy (non-hydrogen) atoms. The minimum absolute atomic E-state index is 0.0697. The van der Waals surface area contributed by atoms with Gasteiger partial charge in [-0.1, -0.05) is 36.4 Å². The topological polar surface area (TPSA) is 126 Å². The molecule has 0 aliphatic rings. The lowest BCUT2D eigenvalue weighted by Crippen LogP contribution is -2.18. The molecule has 0 saturated carbocycles. The van der Waals surface area contributed by atoms with Crippen LogP contribution >= 0.6 is 0 Å². The van der Waals surface area contributed by atoms with Gasteiger partial charge in [-0.3, -0.25) is 4.79 Å². The minimum atomic E-state index is -0.818. The molecule has 7 nitrogen and oxygen atoms in total. The molecule has 0 fully saturated rings. The highest BCUT2D eigenvalue weighted by Gasteiger charge is 2.16. The summed E-state index contributed by atoms with van der Waals surface area (Å²) < 4.78 is 0. The molecule has 2 aromatic rings. The van der Waals surface area contributed by atoms with E-state index in [1.165, 1.54) is 6.34 Å². The number of nitrogens with two attached hydrogens (primary N) is 2. The Balaban J connectivity index is 2.12. The Labute approximate surface area is 152 Å². The smallest absolute Gasteiger partial charge is 0.303 e. The Morgan fingerprint density at radius 2 is 2.00 bits per heavy atom. The molecule has 1 unspecified atom stereocenters. The third kappa shape index (κ3) is 6.03. The van der Waals surface area contributed by atoms with Crippen molar-refractivity contribution in [3.05, 3.63) is 65.2 Å². The number of aliphatic imine (C=N–C) groups is 1. The molecular formula is C19H23N5O2. The summed E-state index contributed by atoms with van der Waals surface area (Å²) >= 11 is 0. The van der Waals surface area contributed by atoms with Gasteiger partial charge in [0.1, 0.15) is 6.34 Å². The zero-order chi connectivity index (χ0) is 18.8. The number of nitrogens with one attached hydrogen (secondary N) is 1. The predicted octanol–water partition coefficient (Wildman–Crippen LogP) is 2.29. The summed E-state index contributed by atoms with van der Waals surface area (Å²) in [5, 5.41) is 12.8. The molecule has 6 N–H and O–H groups in total. The fraction of sp³-hybridized carbons (Fsp3) is 0.211. The first kappa shape index (κ1) is 19.1. The second-order valence-electron chi connectivity index (χ2n) is 5.87. The lowest BCUT2D eigenvalue weighted by Gasteiger charge is -2.16. The number of aliphatic carboxylic acids is 1. The molecule has 0 amide bonds. The van der Waals surface area contributed by atoms with Crippen LogP contribution in [0.5, 0.6) is 0 Å². The fourth-order valence-electron chi connectivity index (χ4n) is 2.77. The van der Waals surface area contributed by atoms with Crippen molar-refractivity contribution in [2.24, 2.45) is 21.8 Å². The molecule has 0 aliphatic carbocycles. The average molecular weight is 353 g/mol. The van der Waals surface area contributed by atoms with Crippen LogP contribution < -0.4 is 17.1 Å². The van der Waals surface area contributed by atoms with Gasteiger partial charge in [-0.25, -0.2) is 10.8 Å². The molecule has 0 radical (unpaired) electrons. The van der Waals surface area contributed by atoms with Crippen LogP contribution in [0.15, 0.2) is 58.6 Å². The highest BCUT2D eigenvalue weighted by molar-refractivity contribution is 5.79. The van der Waals surface area contributed by atoms with Gasteiger partial charge in [0.15, 0.2) is 0 Å². The van der Waals surface area contributed by atoms with Crippen molar-refractivity contribution in [2.45, 2.75) is 25.2 Å². The summed E-state index contributed by atoms with van der Waals surface area (Å²) in [6, 6.07) is 15.4. The molecule has 0 aromatic heterocycles. The molecule has 0 spiro atoms. The van der Waals surface area contributed by atoms with E-state index in [0.717, 1.165) is 35.2 Å². The maximum absolute atomic E-state index is 11.3. The van der Waals surface area contributed by atoms with Gasteiger partial charge in [0.2, 0.25) is 0 Å². The standard InChI is InChI=1S/C19H23N5O2/c20-23-12-15-6-4-14(5-7-15)8-9-17(11-19(25)26)16-2-1-3-18(10-16)22-13-24-21/h1-7,10,12-13,17H,8-9,11,20-21H2,(H,22,24)(H,25,26). The van der Waals surface area contributed by atoms with Gasteiger partial charge in [0.25, 0.3) is 0 Å². The first-order chi connectivity index (χ1) is 12.6. The Kier molecular flexibility index (Phi) is 7.32. The second-order valence-corrected chi connectivity index (χ2v) is 5.87. The largest absolute Gasteiger partial charge is 0.481 e. The normalized spacial score (nSPS) is 12.5. The predicted molar refractivity (Wildman–Crippen MR) is 103 cm³/mol. The summed E-state index contributed by atoms with van der Waals surface area (Å²) in [5.74, 6) is 9.42. The van der Waals surface area contributed by atoms with Gasteiger partial charge >= 0.3 is 5.97 Å². The van der Waals surface area contributed by atoms with Gasteiger partial charge in [-0.15, -0.1) is 0 Å². The van der Waals surface area contributed by atoms with Crippen LogP contribution in [0.1, 0.15) is 35.4 Å². The zero-order valence-corrected chi connectivity index (χ0v) is 14.4. The van der Waals surface area contributed by atoms with Gasteiger partial charge in [-0.05, 0) is 47.6 Å².